The number of Topliss-reactive ketones (excluding diaryl/α,β-unsaturated/α-hetero) is 2. The fraction of sp³-hybridized carbons (Fsp3) is 0.600. The van der Waals surface area contributed by atoms with Crippen molar-refractivity contribution in [2.45, 2.75) is 59.5 Å². The van der Waals surface area contributed by atoms with E-state index in [0.29, 0.717) is 11.1 Å². The fourth-order valence-corrected chi connectivity index (χ4v) is 3.74. The van der Waals surface area contributed by atoms with Gasteiger partial charge in [-0.1, -0.05) is 26.0 Å². The topological polar surface area (TPSA) is 74.6 Å². The van der Waals surface area contributed by atoms with Gasteiger partial charge in [-0.15, -0.1) is 0 Å². The Hall–Kier alpha value is -1.68. The molecule has 0 spiro atoms. The van der Waals surface area contributed by atoms with Crippen molar-refractivity contribution in [3.05, 3.63) is 34.6 Å². The Bertz CT molecular complexity index is 643. The Morgan fingerprint density at radius 2 is 1.83 bits per heavy atom. The van der Waals surface area contributed by atoms with Gasteiger partial charge in [-0.2, -0.15) is 0 Å². The molecule has 0 heterocycles. The van der Waals surface area contributed by atoms with Gasteiger partial charge in [-0.05, 0) is 57.8 Å². The third-order valence-corrected chi connectivity index (χ3v) is 5.19. The van der Waals surface area contributed by atoms with Crippen LogP contribution in [0.5, 0.6) is 0 Å². The standard InChI is InChI=1S/C20H28O4/c1-11(7-6-10-20(4,5)24)14-9-8-12(2)15-16(14)17(21)13(3)18(22)19(15)23/h6,10-12,14,21,24H,7-9H2,1-5H3. The average molecular weight is 332 g/mol. The Morgan fingerprint density at radius 3 is 2.42 bits per heavy atom. The molecule has 24 heavy (non-hydrogen) atoms. The van der Waals surface area contributed by atoms with Crippen LogP contribution in [0.15, 0.2) is 34.6 Å². The van der Waals surface area contributed by atoms with Gasteiger partial charge in [-0.25, -0.2) is 0 Å². The summed E-state index contributed by atoms with van der Waals surface area (Å²) >= 11 is 0. The minimum Gasteiger partial charge on any atom is -0.507 e. The molecule has 2 aliphatic rings. The predicted octanol–water partition coefficient (Wildman–Crippen LogP) is 3.67. The highest BCUT2D eigenvalue weighted by atomic mass is 16.3. The number of aliphatic hydroxyl groups is 2. The molecule has 0 radical (unpaired) electrons. The van der Waals surface area contributed by atoms with Crippen LogP contribution in [-0.4, -0.2) is 27.4 Å². The van der Waals surface area contributed by atoms with Gasteiger partial charge in [-0.3, -0.25) is 9.59 Å². The van der Waals surface area contributed by atoms with E-state index in [0.717, 1.165) is 19.3 Å². The molecule has 0 fully saturated rings. The summed E-state index contributed by atoms with van der Waals surface area (Å²) in [5, 5.41) is 20.3. The number of rotatable bonds is 4. The maximum absolute atomic E-state index is 12.4. The summed E-state index contributed by atoms with van der Waals surface area (Å²) in [7, 11) is 0. The van der Waals surface area contributed by atoms with E-state index in [-0.39, 0.29) is 29.1 Å². The number of hydrogen-bond acceptors (Lipinski definition) is 4. The van der Waals surface area contributed by atoms with Crippen LogP contribution >= 0.6 is 0 Å². The molecule has 4 heteroatoms. The Labute approximate surface area is 144 Å². The molecule has 2 rings (SSSR count). The lowest BCUT2D eigenvalue weighted by Gasteiger charge is -2.37. The number of aliphatic hydroxyl groups excluding tert-OH is 1. The van der Waals surface area contributed by atoms with Crippen LogP contribution < -0.4 is 0 Å². The number of allylic oxidation sites excluding steroid dienone is 4. The van der Waals surface area contributed by atoms with Crippen molar-refractivity contribution >= 4 is 11.6 Å². The van der Waals surface area contributed by atoms with Crippen LogP contribution in [0.25, 0.3) is 0 Å². The largest absolute Gasteiger partial charge is 0.507 e. The molecule has 2 N–H and O–H groups in total. The molecule has 4 nitrogen and oxygen atoms in total. The molecule has 0 aromatic rings. The number of carbonyl (C=O) groups excluding carboxylic acids is 2. The number of carbonyl (C=O) groups is 2. The third-order valence-electron chi connectivity index (χ3n) is 5.19. The van der Waals surface area contributed by atoms with Crippen molar-refractivity contribution in [2.75, 3.05) is 0 Å². The van der Waals surface area contributed by atoms with Crippen LogP contribution in [0.3, 0.4) is 0 Å². The van der Waals surface area contributed by atoms with Gasteiger partial charge >= 0.3 is 0 Å². The van der Waals surface area contributed by atoms with Crippen molar-refractivity contribution in [1.29, 1.82) is 0 Å². The second-order valence-corrected chi connectivity index (χ2v) is 7.81. The SMILES string of the molecule is CC1=C(O)C2=C(C(=O)C1=O)C(C)CCC2C(C)CC=CC(C)(C)O. The summed E-state index contributed by atoms with van der Waals surface area (Å²) in [5.74, 6) is -0.761. The van der Waals surface area contributed by atoms with Gasteiger partial charge in [0.25, 0.3) is 0 Å². The first-order chi connectivity index (χ1) is 11.0. The summed E-state index contributed by atoms with van der Waals surface area (Å²) in [6, 6.07) is 0. The highest BCUT2D eigenvalue weighted by molar-refractivity contribution is 6.50. The van der Waals surface area contributed by atoms with E-state index in [1.807, 2.05) is 13.0 Å². The second kappa shape index (κ2) is 6.67. The zero-order valence-electron chi connectivity index (χ0n) is 15.2. The van der Waals surface area contributed by atoms with E-state index in [2.05, 4.69) is 6.92 Å². The zero-order valence-corrected chi connectivity index (χ0v) is 15.2. The minimum atomic E-state index is -0.850. The molecular formula is C20H28O4. The highest BCUT2D eigenvalue weighted by Crippen LogP contribution is 2.45. The first-order valence-electron chi connectivity index (χ1n) is 8.68. The molecule has 3 unspecified atom stereocenters. The summed E-state index contributed by atoms with van der Waals surface area (Å²) in [5.41, 5.74) is 0.506. The first kappa shape index (κ1) is 18.7. The van der Waals surface area contributed by atoms with E-state index >= 15 is 0 Å². The smallest absolute Gasteiger partial charge is 0.232 e. The molecule has 0 aromatic carbocycles. The lowest BCUT2D eigenvalue weighted by atomic mass is 9.67. The van der Waals surface area contributed by atoms with Crippen LogP contribution in [0.1, 0.15) is 53.9 Å². The second-order valence-electron chi connectivity index (χ2n) is 7.81. The number of ketones is 2. The van der Waals surface area contributed by atoms with Crippen molar-refractivity contribution in [1.82, 2.24) is 0 Å². The van der Waals surface area contributed by atoms with E-state index in [9.17, 15) is 19.8 Å². The van der Waals surface area contributed by atoms with E-state index in [1.54, 1.807) is 19.9 Å². The quantitative estimate of drug-likeness (QED) is 0.468. The van der Waals surface area contributed by atoms with Crippen LogP contribution in [0.2, 0.25) is 0 Å². The van der Waals surface area contributed by atoms with Crippen molar-refractivity contribution < 1.29 is 19.8 Å². The summed E-state index contributed by atoms with van der Waals surface area (Å²) < 4.78 is 0. The molecule has 0 bridgehead atoms. The Kier molecular flexibility index (Phi) is 5.19. The average Bonchev–Trinajstić information content (AvgIpc) is 2.49. The molecule has 0 saturated carbocycles. The molecule has 3 atom stereocenters. The van der Waals surface area contributed by atoms with Gasteiger partial charge in [0.05, 0.1) is 5.60 Å². The summed E-state index contributed by atoms with van der Waals surface area (Å²) in [6.07, 6.45) is 6.19. The van der Waals surface area contributed by atoms with Gasteiger partial charge in [0.15, 0.2) is 0 Å². The molecule has 0 saturated heterocycles. The molecule has 2 aliphatic carbocycles. The molecule has 132 valence electrons. The van der Waals surface area contributed by atoms with Crippen molar-refractivity contribution in [2.24, 2.45) is 17.8 Å². The van der Waals surface area contributed by atoms with Crippen molar-refractivity contribution in [3.8, 4) is 0 Å². The Morgan fingerprint density at radius 1 is 1.21 bits per heavy atom. The maximum Gasteiger partial charge on any atom is 0.232 e. The van der Waals surface area contributed by atoms with Gasteiger partial charge in [0.2, 0.25) is 11.6 Å². The van der Waals surface area contributed by atoms with E-state index in [4.69, 9.17) is 0 Å². The molecule has 0 aromatic heterocycles. The predicted molar refractivity (Wildman–Crippen MR) is 93.5 cm³/mol. The first-order valence-corrected chi connectivity index (χ1v) is 8.68. The van der Waals surface area contributed by atoms with E-state index in [1.165, 1.54) is 6.92 Å². The minimum absolute atomic E-state index is 0.00191. The third kappa shape index (κ3) is 3.54. The normalized spacial score (nSPS) is 27.1. The van der Waals surface area contributed by atoms with Gasteiger partial charge < -0.3 is 10.2 Å². The van der Waals surface area contributed by atoms with E-state index < -0.39 is 17.2 Å². The van der Waals surface area contributed by atoms with Crippen molar-refractivity contribution in [3.63, 3.8) is 0 Å². The van der Waals surface area contributed by atoms with Crippen LogP contribution in [0, 0.1) is 17.8 Å². The molecular weight excluding hydrogens is 304 g/mol. The molecule has 0 aliphatic heterocycles. The van der Waals surface area contributed by atoms with Crippen LogP contribution in [0.4, 0.5) is 0 Å². The molecule has 0 amide bonds. The summed E-state index contributed by atoms with van der Waals surface area (Å²) in [6.45, 7) is 9.00. The zero-order chi connectivity index (χ0) is 18.2. The summed E-state index contributed by atoms with van der Waals surface area (Å²) in [4.78, 5) is 24.5. The van der Waals surface area contributed by atoms with Crippen LogP contribution in [-0.2, 0) is 9.59 Å². The lowest BCUT2D eigenvalue weighted by molar-refractivity contribution is -0.133. The van der Waals surface area contributed by atoms with Gasteiger partial charge in [0.1, 0.15) is 5.76 Å². The number of hydrogen-bond donors (Lipinski definition) is 2. The Balaban J connectivity index is 2.35. The maximum atomic E-state index is 12.4. The van der Waals surface area contributed by atoms with Gasteiger partial charge in [0, 0.05) is 16.7 Å². The monoisotopic (exact) mass is 332 g/mol. The lowest BCUT2D eigenvalue weighted by Crippen LogP contribution is -2.35. The highest BCUT2D eigenvalue weighted by Gasteiger charge is 2.41. The fourth-order valence-electron chi connectivity index (χ4n) is 3.74.